The van der Waals surface area contributed by atoms with Gasteiger partial charge in [-0.05, 0) is 13.0 Å². The molecule has 0 saturated heterocycles. The average molecular weight is 285 g/mol. The summed E-state index contributed by atoms with van der Waals surface area (Å²) in [5, 5.41) is 4.47. The molecule has 2 rings (SSSR count). The van der Waals surface area contributed by atoms with Crippen LogP contribution in [0.2, 0.25) is 0 Å². The number of nitrogens with zero attached hydrogens (tertiary/aromatic N) is 2. The molecule has 1 aromatic heterocycles. The van der Waals surface area contributed by atoms with Crippen LogP contribution in [-0.2, 0) is 7.05 Å². The molecule has 0 amide bonds. The van der Waals surface area contributed by atoms with Gasteiger partial charge < -0.3 is 0 Å². The van der Waals surface area contributed by atoms with E-state index in [-0.39, 0.29) is 58.2 Å². The fourth-order valence-electron chi connectivity index (χ4n) is 1.71. The summed E-state index contributed by atoms with van der Waals surface area (Å²) in [7, 11) is 1.96. The maximum absolute atomic E-state index is 4.47. The SMILES string of the molecule is Cc1[c-]cc(-c2cc(C)n(C)n2)c(C)c1.[Rb+]. The van der Waals surface area contributed by atoms with Crippen molar-refractivity contribution in [3.05, 3.63) is 41.1 Å². The fourth-order valence-corrected chi connectivity index (χ4v) is 1.71. The van der Waals surface area contributed by atoms with Crippen LogP contribution in [0.15, 0.2) is 18.2 Å². The monoisotopic (exact) mass is 284 g/mol. The molecule has 0 unspecified atom stereocenters. The first-order valence-corrected chi connectivity index (χ1v) is 5.08. The van der Waals surface area contributed by atoms with Crippen LogP contribution in [0.4, 0.5) is 0 Å². The van der Waals surface area contributed by atoms with Crippen LogP contribution >= 0.6 is 0 Å². The van der Waals surface area contributed by atoms with Gasteiger partial charge in [0.25, 0.3) is 0 Å². The van der Waals surface area contributed by atoms with Gasteiger partial charge in [0.2, 0.25) is 0 Å². The molecule has 0 aliphatic rings. The van der Waals surface area contributed by atoms with Gasteiger partial charge in [-0.25, -0.2) is 0 Å². The Morgan fingerprint density at radius 2 is 1.88 bits per heavy atom. The Bertz CT molecular complexity index is 481. The van der Waals surface area contributed by atoms with Crippen molar-refractivity contribution in [3.63, 3.8) is 0 Å². The molecule has 0 aliphatic carbocycles. The van der Waals surface area contributed by atoms with Crippen LogP contribution in [0.1, 0.15) is 16.8 Å². The zero-order valence-corrected chi connectivity index (χ0v) is 15.5. The van der Waals surface area contributed by atoms with E-state index in [0.717, 1.165) is 5.69 Å². The molecule has 78 valence electrons. The van der Waals surface area contributed by atoms with Crippen LogP contribution in [0, 0.1) is 26.8 Å². The second-order valence-electron chi connectivity index (χ2n) is 4.01. The van der Waals surface area contributed by atoms with Crippen molar-refractivity contribution < 1.29 is 58.2 Å². The van der Waals surface area contributed by atoms with Gasteiger partial charge in [0, 0.05) is 18.4 Å². The van der Waals surface area contributed by atoms with Crippen LogP contribution < -0.4 is 58.2 Å². The summed E-state index contributed by atoms with van der Waals surface area (Å²) in [5.74, 6) is 0. The van der Waals surface area contributed by atoms with Crippen LogP contribution in [0.5, 0.6) is 0 Å². The predicted octanol–water partition coefficient (Wildman–Crippen LogP) is -0.183. The normalized spacial score (nSPS) is 10.0. The van der Waals surface area contributed by atoms with E-state index in [1.807, 2.05) is 17.8 Å². The number of aryl methyl sites for hydroxylation is 4. The number of rotatable bonds is 1. The molecule has 0 radical (unpaired) electrons. The average Bonchev–Trinajstić information content (AvgIpc) is 2.46. The first-order valence-electron chi connectivity index (χ1n) is 5.08. The molecule has 0 N–H and O–H groups in total. The summed E-state index contributed by atoms with van der Waals surface area (Å²) in [4.78, 5) is 0. The van der Waals surface area contributed by atoms with Gasteiger partial charge in [-0.1, -0.05) is 13.8 Å². The van der Waals surface area contributed by atoms with Gasteiger partial charge in [-0.15, -0.1) is 5.56 Å². The van der Waals surface area contributed by atoms with E-state index in [2.05, 4.69) is 44.1 Å². The Hall–Kier alpha value is 0.235. The van der Waals surface area contributed by atoms with Crippen LogP contribution in [0.25, 0.3) is 11.3 Å². The fraction of sp³-hybridized carbons (Fsp3) is 0.308. The topological polar surface area (TPSA) is 17.8 Å². The molecule has 1 aromatic carbocycles. The number of benzene rings is 1. The second-order valence-corrected chi connectivity index (χ2v) is 4.01. The number of hydrogen-bond donors (Lipinski definition) is 0. The third-order valence-electron chi connectivity index (χ3n) is 2.69. The Kier molecular flexibility index (Phi) is 5.11. The third kappa shape index (κ3) is 2.92. The van der Waals surface area contributed by atoms with Crippen LogP contribution in [0.3, 0.4) is 0 Å². The van der Waals surface area contributed by atoms with Crippen molar-refractivity contribution in [2.75, 3.05) is 0 Å². The Balaban J connectivity index is 0.00000128. The molecule has 3 heteroatoms. The molecule has 2 nitrogen and oxygen atoms in total. The van der Waals surface area contributed by atoms with Crippen molar-refractivity contribution >= 4 is 0 Å². The van der Waals surface area contributed by atoms with Crippen LogP contribution in [-0.4, -0.2) is 9.78 Å². The first-order chi connectivity index (χ1) is 7.08. The Morgan fingerprint density at radius 3 is 2.38 bits per heavy atom. The maximum atomic E-state index is 4.47. The minimum Gasteiger partial charge on any atom is -0.273 e. The summed E-state index contributed by atoms with van der Waals surface area (Å²) in [5.41, 5.74) is 5.80. The van der Waals surface area contributed by atoms with E-state index in [4.69, 9.17) is 0 Å². The summed E-state index contributed by atoms with van der Waals surface area (Å²) < 4.78 is 1.90. The number of aromatic nitrogens is 2. The number of hydrogen-bond acceptors (Lipinski definition) is 1. The molecule has 1 heterocycles. The standard InChI is InChI=1S/C13H15N2.Rb/c1-9-5-6-12(10(2)7-9)13-8-11(3)15(4)14-13;/h6-8H,1-4H3;/q-1;+1. The quantitative estimate of drug-likeness (QED) is 0.664. The molecule has 0 bridgehead atoms. The molecule has 2 aromatic rings. The van der Waals surface area contributed by atoms with Gasteiger partial charge in [0.1, 0.15) is 0 Å². The minimum atomic E-state index is 0. The smallest absolute Gasteiger partial charge is 0.273 e. The van der Waals surface area contributed by atoms with Crippen molar-refractivity contribution in [1.29, 1.82) is 0 Å². The van der Waals surface area contributed by atoms with Crippen molar-refractivity contribution in [3.8, 4) is 11.3 Å². The van der Waals surface area contributed by atoms with Crippen molar-refractivity contribution in [1.82, 2.24) is 9.78 Å². The van der Waals surface area contributed by atoms with Gasteiger partial charge in [0.05, 0.1) is 0 Å². The summed E-state index contributed by atoms with van der Waals surface area (Å²) in [6.07, 6.45) is 0. The summed E-state index contributed by atoms with van der Waals surface area (Å²) in [6, 6.07) is 9.48. The minimum absolute atomic E-state index is 0. The predicted molar refractivity (Wildman–Crippen MR) is 61.7 cm³/mol. The van der Waals surface area contributed by atoms with E-state index in [1.54, 1.807) is 0 Å². The van der Waals surface area contributed by atoms with Crippen molar-refractivity contribution in [2.24, 2.45) is 7.05 Å². The molecule has 0 saturated carbocycles. The van der Waals surface area contributed by atoms with Gasteiger partial charge in [-0.3, -0.25) is 4.68 Å². The molecule has 0 spiro atoms. The Labute approximate surface area is 146 Å². The molecular weight excluding hydrogens is 270 g/mol. The Morgan fingerprint density at radius 1 is 1.19 bits per heavy atom. The van der Waals surface area contributed by atoms with E-state index in [0.29, 0.717) is 0 Å². The molecule has 0 fully saturated rings. The van der Waals surface area contributed by atoms with Gasteiger partial charge >= 0.3 is 58.2 Å². The van der Waals surface area contributed by atoms with E-state index in [9.17, 15) is 0 Å². The maximum Gasteiger partial charge on any atom is 1.00 e. The largest absolute Gasteiger partial charge is 1.00 e. The summed E-state index contributed by atoms with van der Waals surface area (Å²) in [6.45, 7) is 6.23. The van der Waals surface area contributed by atoms with Crippen molar-refractivity contribution in [2.45, 2.75) is 20.8 Å². The molecular formula is C13H15N2Rb. The van der Waals surface area contributed by atoms with Gasteiger partial charge in [0.15, 0.2) is 0 Å². The zero-order chi connectivity index (χ0) is 11.0. The second kappa shape index (κ2) is 5.72. The van der Waals surface area contributed by atoms with Gasteiger partial charge in [-0.2, -0.15) is 34.4 Å². The molecule has 16 heavy (non-hydrogen) atoms. The third-order valence-corrected chi connectivity index (χ3v) is 2.69. The first kappa shape index (κ1) is 14.3. The van der Waals surface area contributed by atoms with E-state index in [1.165, 1.54) is 22.4 Å². The van der Waals surface area contributed by atoms with E-state index >= 15 is 0 Å². The molecule has 0 aliphatic heterocycles. The molecule has 0 atom stereocenters. The summed E-state index contributed by atoms with van der Waals surface area (Å²) >= 11 is 0. The zero-order valence-electron chi connectivity index (χ0n) is 10.6. The van der Waals surface area contributed by atoms with E-state index < -0.39 is 0 Å².